The van der Waals surface area contributed by atoms with Crippen LogP contribution in [-0.4, -0.2) is 19.8 Å². The zero-order valence-electron chi connectivity index (χ0n) is 16.2. The highest BCUT2D eigenvalue weighted by Crippen LogP contribution is 2.53. The molecule has 0 aromatic heterocycles. The van der Waals surface area contributed by atoms with Gasteiger partial charge in [-0.1, -0.05) is 48.5 Å². The van der Waals surface area contributed by atoms with Crippen LogP contribution in [0.25, 0.3) is 21.5 Å². The van der Waals surface area contributed by atoms with Crippen molar-refractivity contribution in [3.05, 3.63) is 59.7 Å². The van der Waals surface area contributed by atoms with Crippen molar-refractivity contribution in [1.82, 2.24) is 0 Å². The molecule has 3 aromatic rings. The molecule has 0 spiro atoms. The molecule has 4 nitrogen and oxygen atoms in total. The number of benzene rings is 3. The van der Waals surface area contributed by atoms with Gasteiger partial charge in [-0.15, -0.1) is 0 Å². The Kier molecular flexibility index (Phi) is 6.67. The van der Waals surface area contributed by atoms with Gasteiger partial charge in [-0.2, -0.15) is 0 Å². The van der Waals surface area contributed by atoms with Gasteiger partial charge < -0.3 is 13.8 Å². The van der Waals surface area contributed by atoms with Gasteiger partial charge in [-0.05, 0) is 53.4 Å². The standard InChI is InChI=1S/C22H27O4P/c1-4-24-15-21-17-11-7-9-13-19(17)22(20-14-10-8-12-18(20)21)16-27(23,25-5-2)26-6-3/h7-14H,4-6,15-16H2,1-3H3. The zero-order chi connectivity index (χ0) is 19.3. The Morgan fingerprint density at radius 1 is 0.704 bits per heavy atom. The van der Waals surface area contributed by atoms with E-state index >= 15 is 0 Å². The summed E-state index contributed by atoms with van der Waals surface area (Å²) < 4.78 is 30.2. The maximum Gasteiger partial charge on any atom is 0.335 e. The second-order valence-electron chi connectivity index (χ2n) is 6.29. The fraction of sp³-hybridized carbons (Fsp3) is 0.364. The van der Waals surface area contributed by atoms with Crippen LogP contribution in [0.3, 0.4) is 0 Å². The van der Waals surface area contributed by atoms with Crippen LogP contribution >= 0.6 is 7.60 Å². The largest absolute Gasteiger partial charge is 0.377 e. The summed E-state index contributed by atoms with van der Waals surface area (Å²) >= 11 is 0. The molecular formula is C22H27O4P. The number of rotatable bonds is 9. The monoisotopic (exact) mass is 386 g/mol. The van der Waals surface area contributed by atoms with Crippen molar-refractivity contribution in [2.75, 3.05) is 19.8 Å². The Bertz CT molecular complexity index is 900. The Morgan fingerprint density at radius 2 is 1.15 bits per heavy atom. The highest BCUT2D eigenvalue weighted by atomic mass is 31.2. The molecule has 144 valence electrons. The van der Waals surface area contributed by atoms with Crippen LogP contribution in [0.4, 0.5) is 0 Å². The predicted octanol–water partition coefficient (Wildman–Crippen LogP) is 6.30. The second-order valence-corrected chi connectivity index (χ2v) is 8.34. The molecule has 0 heterocycles. The van der Waals surface area contributed by atoms with Crippen LogP contribution in [0.2, 0.25) is 0 Å². The summed E-state index contributed by atoms with van der Waals surface area (Å²) in [4.78, 5) is 0. The van der Waals surface area contributed by atoms with E-state index in [2.05, 4.69) is 24.3 Å². The van der Waals surface area contributed by atoms with Crippen LogP contribution in [0.15, 0.2) is 48.5 Å². The Labute approximate surface area is 161 Å². The molecule has 0 unspecified atom stereocenters. The second kappa shape index (κ2) is 8.99. The molecule has 0 aliphatic rings. The van der Waals surface area contributed by atoms with Gasteiger partial charge >= 0.3 is 7.60 Å². The Morgan fingerprint density at radius 3 is 1.56 bits per heavy atom. The van der Waals surface area contributed by atoms with E-state index in [4.69, 9.17) is 13.8 Å². The first-order valence-corrected chi connectivity index (χ1v) is 11.2. The molecule has 0 fully saturated rings. The van der Waals surface area contributed by atoms with Crippen molar-refractivity contribution in [3.63, 3.8) is 0 Å². The third kappa shape index (κ3) is 4.25. The number of hydrogen-bond acceptors (Lipinski definition) is 4. The summed E-state index contributed by atoms with van der Waals surface area (Å²) in [6, 6.07) is 16.4. The van der Waals surface area contributed by atoms with Gasteiger partial charge in [0.2, 0.25) is 0 Å². The van der Waals surface area contributed by atoms with Crippen LogP contribution < -0.4 is 0 Å². The fourth-order valence-corrected chi connectivity index (χ4v) is 5.33. The summed E-state index contributed by atoms with van der Waals surface area (Å²) in [7, 11) is -3.22. The van der Waals surface area contributed by atoms with E-state index in [1.165, 1.54) is 0 Å². The molecule has 27 heavy (non-hydrogen) atoms. The molecule has 0 saturated heterocycles. The fourth-order valence-electron chi connectivity index (χ4n) is 3.55. The normalized spacial score (nSPS) is 12.1. The lowest BCUT2D eigenvalue weighted by Gasteiger charge is -2.21. The van der Waals surface area contributed by atoms with Crippen molar-refractivity contribution in [2.45, 2.75) is 33.5 Å². The topological polar surface area (TPSA) is 44.8 Å². The first kappa shape index (κ1) is 20.0. The molecule has 0 radical (unpaired) electrons. The Hall–Kier alpha value is -1.71. The summed E-state index contributed by atoms with van der Waals surface area (Å²) in [6.07, 6.45) is 0.255. The predicted molar refractivity (Wildman–Crippen MR) is 111 cm³/mol. The quantitative estimate of drug-likeness (QED) is 0.320. The van der Waals surface area contributed by atoms with Crippen molar-refractivity contribution >= 4 is 29.1 Å². The molecule has 3 rings (SSSR count). The van der Waals surface area contributed by atoms with Gasteiger partial charge in [0, 0.05) is 6.61 Å². The summed E-state index contributed by atoms with van der Waals surface area (Å²) in [6.45, 7) is 7.60. The number of hydrogen-bond donors (Lipinski definition) is 0. The minimum atomic E-state index is -3.22. The molecule has 0 atom stereocenters. The molecule has 0 N–H and O–H groups in total. The summed E-state index contributed by atoms with van der Waals surface area (Å²) in [5.74, 6) is 0. The minimum Gasteiger partial charge on any atom is -0.377 e. The van der Waals surface area contributed by atoms with E-state index in [1.807, 2.05) is 45.0 Å². The maximum atomic E-state index is 13.3. The molecule has 0 bridgehead atoms. The minimum absolute atomic E-state index is 0.255. The van der Waals surface area contributed by atoms with Crippen molar-refractivity contribution < 1.29 is 18.3 Å². The van der Waals surface area contributed by atoms with Gasteiger partial charge in [0.05, 0.1) is 26.0 Å². The lowest BCUT2D eigenvalue weighted by atomic mass is 9.93. The average molecular weight is 386 g/mol. The molecule has 0 aliphatic heterocycles. The van der Waals surface area contributed by atoms with Crippen molar-refractivity contribution in [2.24, 2.45) is 0 Å². The van der Waals surface area contributed by atoms with Crippen molar-refractivity contribution in [1.29, 1.82) is 0 Å². The van der Waals surface area contributed by atoms with E-state index in [0.29, 0.717) is 26.4 Å². The van der Waals surface area contributed by atoms with E-state index in [1.54, 1.807) is 0 Å². The van der Waals surface area contributed by atoms with E-state index in [9.17, 15) is 4.57 Å². The first-order chi connectivity index (χ1) is 13.1. The first-order valence-electron chi connectivity index (χ1n) is 9.50. The lowest BCUT2D eigenvalue weighted by Crippen LogP contribution is -2.02. The van der Waals surface area contributed by atoms with Gasteiger partial charge in [0.1, 0.15) is 0 Å². The maximum absolute atomic E-state index is 13.3. The van der Waals surface area contributed by atoms with Gasteiger partial charge in [0.15, 0.2) is 0 Å². The third-order valence-corrected chi connectivity index (χ3v) is 6.62. The van der Waals surface area contributed by atoms with Gasteiger partial charge in [-0.25, -0.2) is 0 Å². The molecule has 3 aromatic carbocycles. The van der Waals surface area contributed by atoms with E-state index in [0.717, 1.165) is 32.7 Å². The average Bonchev–Trinajstić information content (AvgIpc) is 2.68. The highest BCUT2D eigenvalue weighted by molar-refractivity contribution is 7.53. The van der Waals surface area contributed by atoms with Crippen LogP contribution in [0.1, 0.15) is 31.9 Å². The SMILES string of the molecule is CCOCc1c2ccccc2c(CP(=O)(OCC)OCC)c2ccccc12. The summed E-state index contributed by atoms with van der Waals surface area (Å²) in [5, 5.41) is 4.40. The molecule has 0 aliphatic carbocycles. The zero-order valence-corrected chi connectivity index (χ0v) is 17.1. The lowest BCUT2D eigenvalue weighted by molar-refractivity contribution is 0.136. The van der Waals surface area contributed by atoms with Gasteiger partial charge in [-0.3, -0.25) is 4.57 Å². The molecular weight excluding hydrogens is 359 g/mol. The van der Waals surface area contributed by atoms with Gasteiger partial charge in [0.25, 0.3) is 0 Å². The van der Waals surface area contributed by atoms with E-state index in [-0.39, 0.29) is 6.16 Å². The Balaban J connectivity index is 2.26. The smallest absolute Gasteiger partial charge is 0.335 e. The highest BCUT2D eigenvalue weighted by Gasteiger charge is 2.27. The number of ether oxygens (including phenoxy) is 1. The molecule has 5 heteroatoms. The third-order valence-electron chi connectivity index (χ3n) is 4.61. The van der Waals surface area contributed by atoms with Crippen LogP contribution in [0, 0.1) is 0 Å². The van der Waals surface area contributed by atoms with Crippen molar-refractivity contribution in [3.8, 4) is 0 Å². The molecule has 0 saturated carbocycles. The molecule has 0 amide bonds. The van der Waals surface area contributed by atoms with E-state index < -0.39 is 7.60 Å². The number of fused-ring (bicyclic) bond motifs is 2. The summed E-state index contributed by atoms with van der Waals surface area (Å²) in [5.41, 5.74) is 2.17. The van der Waals surface area contributed by atoms with Crippen LogP contribution in [-0.2, 0) is 31.1 Å². The van der Waals surface area contributed by atoms with Crippen LogP contribution in [0.5, 0.6) is 0 Å².